The fraction of sp³-hybridized carbons (Fsp3) is 0.562. The SMILES string of the molecule is CCCCNC(N)=NCC1CCN(c2cccc(Br)c2)C1.I. The molecule has 0 radical (unpaired) electrons. The number of halogens is 2. The van der Waals surface area contributed by atoms with Crippen molar-refractivity contribution in [3.8, 4) is 0 Å². The van der Waals surface area contributed by atoms with Gasteiger partial charge in [0.15, 0.2) is 5.96 Å². The fourth-order valence-electron chi connectivity index (χ4n) is 2.57. The Morgan fingerprint density at radius 3 is 3.05 bits per heavy atom. The molecule has 1 saturated heterocycles. The summed E-state index contributed by atoms with van der Waals surface area (Å²) in [6.07, 6.45) is 3.49. The number of hydrogen-bond acceptors (Lipinski definition) is 2. The van der Waals surface area contributed by atoms with E-state index in [4.69, 9.17) is 5.73 Å². The minimum atomic E-state index is 0. The Kier molecular flexibility index (Phi) is 9.16. The van der Waals surface area contributed by atoms with Crippen molar-refractivity contribution in [2.45, 2.75) is 26.2 Å². The average Bonchev–Trinajstić information content (AvgIpc) is 2.94. The van der Waals surface area contributed by atoms with Gasteiger partial charge in [-0.2, -0.15) is 0 Å². The van der Waals surface area contributed by atoms with E-state index in [0.29, 0.717) is 11.9 Å². The third-order valence-electron chi connectivity index (χ3n) is 3.82. The maximum atomic E-state index is 5.88. The zero-order chi connectivity index (χ0) is 15.1. The molecule has 1 atom stereocenters. The highest BCUT2D eigenvalue weighted by atomic mass is 127. The van der Waals surface area contributed by atoms with Gasteiger partial charge >= 0.3 is 0 Å². The van der Waals surface area contributed by atoms with Crippen LogP contribution in [0, 0.1) is 5.92 Å². The van der Waals surface area contributed by atoms with Crippen molar-refractivity contribution in [3.63, 3.8) is 0 Å². The molecule has 1 heterocycles. The van der Waals surface area contributed by atoms with Crippen LogP contribution in [0.2, 0.25) is 0 Å². The molecule has 3 N–H and O–H groups in total. The second kappa shape index (κ2) is 10.3. The molecule has 2 rings (SSSR count). The summed E-state index contributed by atoms with van der Waals surface area (Å²) in [7, 11) is 0. The van der Waals surface area contributed by atoms with Crippen LogP contribution in [0.5, 0.6) is 0 Å². The average molecular weight is 481 g/mol. The number of aliphatic imine (C=N–C) groups is 1. The number of nitrogens with two attached hydrogens (primary N) is 1. The van der Waals surface area contributed by atoms with Crippen LogP contribution < -0.4 is 16.0 Å². The molecule has 6 heteroatoms. The highest BCUT2D eigenvalue weighted by Crippen LogP contribution is 2.26. The minimum absolute atomic E-state index is 0. The molecule has 0 saturated carbocycles. The smallest absolute Gasteiger partial charge is 0.188 e. The highest BCUT2D eigenvalue weighted by Gasteiger charge is 2.22. The van der Waals surface area contributed by atoms with E-state index in [1.54, 1.807) is 0 Å². The van der Waals surface area contributed by atoms with E-state index in [2.05, 4.69) is 62.3 Å². The lowest BCUT2D eigenvalue weighted by Gasteiger charge is -2.18. The first-order valence-electron chi connectivity index (χ1n) is 7.73. The largest absolute Gasteiger partial charge is 0.371 e. The Hall–Kier alpha value is -0.500. The molecular formula is C16H26BrIN4. The van der Waals surface area contributed by atoms with Crippen LogP contribution in [0.15, 0.2) is 33.7 Å². The fourth-order valence-corrected chi connectivity index (χ4v) is 2.95. The molecule has 22 heavy (non-hydrogen) atoms. The number of benzene rings is 1. The lowest BCUT2D eigenvalue weighted by molar-refractivity contribution is 0.601. The van der Waals surface area contributed by atoms with Crippen molar-refractivity contribution in [2.24, 2.45) is 16.6 Å². The van der Waals surface area contributed by atoms with Gasteiger partial charge in [-0.25, -0.2) is 0 Å². The zero-order valence-electron chi connectivity index (χ0n) is 13.1. The van der Waals surface area contributed by atoms with Crippen LogP contribution in [0.3, 0.4) is 0 Å². The second-order valence-electron chi connectivity index (χ2n) is 5.59. The standard InChI is InChI=1S/C16H25BrN4.HI/c1-2-3-8-19-16(18)20-11-13-7-9-21(12-13)15-6-4-5-14(17)10-15;/h4-6,10,13H,2-3,7-9,11-12H2,1H3,(H3,18,19,20);1H. The van der Waals surface area contributed by atoms with Gasteiger partial charge in [0.1, 0.15) is 0 Å². The van der Waals surface area contributed by atoms with Gasteiger partial charge in [-0.3, -0.25) is 4.99 Å². The summed E-state index contributed by atoms with van der Waals surface area (Å²) in [5.74, 6) is 1.18. The summed E-state index contributed by atoms with van der Waals surface area (Å²) in [5, 5.41) is 3.17. The molecule has 0 aromatic heterocycles. The summed E-state index contributed by atoms with van der Waals surface area (Å²) in [5.41, 5.74) is 7.16. The van der Waals surface area contributed by atoms with Gasteiger partial charge in [0, 0.05) is 36.3 Å². The van der Waals surface area contributed by atoms with Crippen LogP contribution in [0.25, 0.3) is 0 Å². The summed E-state index contributed by atoms with van der Waals surface area (Å²) in [6.45, 7) is 6.06. The van der Waals surface area contributed by atoms with Gasteiger partial charge in [0.05, 0.1) is 0 Å². The van der Waals surface area contributed by atoms with Gasteiger partial charge in [-0.15, -0.1) is 24.0 Å². The van der Waals surface area contributed by atoms with Crippen molar-refractivity contribution >= 4 is 51.6 Å². The number of nitrogens with one attached hydrogen (secondary N) is 1. The van der Waals surface area contributed by atoms with E-state index in [-0.39, 0.29) is 24.0 Å². The molecule has 1 aliphatic heterocycles. The highest BCUT2D eigenvalue weighted by molar-refractivity contribution is 14.0. The van der Waals surface area contributed by atoms with Gasteiger partial charge in [0.2, 0.25) is 0 Å². The first-order chi connectivity index (χ1) is 10.2. The Morgan fingerprint density at radius 1 is 1.50 bits per heavy atom. The Morgan fingerprint density at radius 2 is 2.32 bits per heavy atom. The monoisotopic (exact) mass is 480 g/mol. The number of unbranched alkanes of at least 4 members (excludes halogenated alkanes) is 1. The molecule has 4 nitrogen and oxygen atoms in total. The molecule has 1 aromatic carbocycles. The normalized spacial score (nSPS) is 18.2. The van der Waals surface area contributed by atoms with E-state index in [9.17, 15) is 0 Å². The van der Waals surface area contributed by atoms with E-state index >= 15 is 0 Å². The third kappa shape index (κ3) is 6.32. The molecule has 0 spiro atoms. The van der Waals surface area contributed by atoms with Gasteiger partial charge < -0.3 is 16.0 Å². The van der Waals surface area contributed by atoms with E-state index in [1.807, 2.05) is 0 Å². The summed E-state index contributed by atoms with van der Waals surface area (Å²) >= 11 is 3.53. The summed E-state index contributed by atoms with van der Waals surface area (Å²) in [6, 6.07) is 8.48. The number of hydrogen-bond donors (Lipinski definition) is 2. The Labute approximate surface area is 159 Å². The van der Waals surface area contributed by atoms with Crippen LogP contribution in [-0.4, -0.2) is 32.1 Å². The first kappa shape index (κ1) is 19.5. The van der Waals surface area contributed by atoms with Gasteiger partial charge in [-0.1, -0.05) is 35.3 Å². The predicted molar refractivity (Wildman–Crippen MR) is 109 cm³/mol. The van der Waals surface area contributed by atoms with Crippen LogP contribution in [0.1, 0.15) is 26.2 Å². The molecule has 0 aliphatic carbocycles. The van der Waals surface area contributed by atoms with E-state index in [1.165, 1.54) is 18.5 Å². The first-order valence-corrected chi connectivity index (χ1v) is 8.52. The van der Waals surface area contributed by atoms with E-state index < -0.39 is 0 Å². The Balaban J connectivity index is 0.00000242. The molecule has 1 aliphatic rings. The maximum Gasteiger partial charge on any atom is 0.188 e. The summed E-state index contributed by atoms with van der Waals surface area (Å²) in [4.78, 5) is 6.89. The van der Waals surface area contributed by atoms with Crippen molar-refractivity contribution in [1.29, 1.82) is 0 Å². The second-order valence-corrected chi connectivity index (χ2v) is 6.50. The molecule has 1 unspecified atom stereocenters. The summed E-state index contributed by atoms with van der Waals surface area (Å²) < 4.78 is 1.13. The van der Waals surface area contributed by atoms with Crippen molar-refractivity contribution in [3.05, 3.63) is 28.7 Å². The molecule has 1 aromatic rings. The number of anilines is 1. The van der Waals surface area contributed by atoms with Crippen LogP contribution >= 0.6 is 39.9 Å². The zero-order valence-corrected chi connectivity index (χ0v) is 17.0. The number of rotatable bonds is 6. The molecule has 1 fully saturated rings. The number of nitrogens with zero attached hydrogens (tertiary/aromatic N) is 2. The van der Waals surface area contributed by atoms with Gasteiger partial charge in [0.25, 0.3) is 0 Å². The Bertz CT molecular complexity index is 481. The number of guanidine groups is 1. The lowest BCUT2D eigenvalue weighted by atomic mass is 10.1. The van der Waals surface area contributed by atoms with E-state index in [0.717, 1.165) is 37.1 Å². The maximum absolute atomic E-state index is 5.88. The minimum Gasteiger partial charge on any atom is -0.371 e. The predicted octanol–water partition coefficient (Wildman–Crippen LogP) is 3.60. The van der Waals surface area contributed by atoms with Crippen molar-refractivity contribution in [2.75, 3.05) is 31.1 Å². The van der Waals surface area contributed by atoms with Crippen LogP contribution in [0.4, 0.5) is 5.69 Å². The molecule has 124 valence electrons. The molecule has 0 bridgehead atoms. The molecular weight excluding hydrogens is 455 g/mol. The van der Waals surface area contributed by atoms with Crippen LogP contribution in [-0.2, 0) is 0 Å². The third-order valence-corrected chi connectivity index (χ3v) is 4.31. The van der Waals surface area contributed by atoms with Crippen molar-refractivity contribution < 1.29 is 0 Å². The topological polar surface area (TPSA) is 53.6 Å². The quantitative estimate of drug-likeness (QED) is 0.283. The molecule has 0 amide bonds. The lowest BCUT2D eigenvalue weighted by Crippen LogP contribution is -2.33. The van der Waals surface area contributed by atoms with Crippen molar-refractivity contribution in [1.82, 2.24) is 5.32 Å². The van der Waals surface area contributed by atoms with Gasteiger partial charge in [-0.05, 0) is 37.0 Å².